The fourth-order valence-corrected chi connectivity index (χ4v) is 6.26. The maximum absolute atomic E-state index is 13.1. The number of carbonyl (C=O) groups excluding carboxylic acids is 2. The van der Waals surface area contributed by atoms with Crippen molar-refractivity contribution in [3.05, 3.63) is 41.1 Å². The van der Waals surface area contributed by atoms with Gasteiger partial charge in [0.15, 0.2) is 11.3 Å². The summed E-state index contributed by atoms with van der Waals surface area (Å²) in [6.45, 7) is 1.14. The van der Waals surface area contributed by atoms with Crippen LogP contribution in [0.25, 0.3) is 5.65 Å². The SMILES string of the molecule is Cc1nonc1C(=O)N[C@@H](c1cn2ncc(CN3C[C@@H](C(F)(F)F)NC3=O)cc2n1)[C@@H]1C[C@H]2CCC[C@H]2C1. The number of amides is 3. The summed E-state index contributed by atoms with van der Waals surface area (Å²) in [5, 5.41) is 16.9. The number of nitrogens with zero attached hydrogens (tertiary/aromatic N) is 6. The molecule has 0 spiro atoms. The third-order valence-electron chi connectivity index (χ3n) is 8.12. The van der Waals surface area contributed by atoms with Gasteiger partial charge in [-0.2, -0.15) is 18.3 Å². The van der Waals surface area contributed by atoms with Crippen LogP contribution in [0.2, 0.25) is 0 Å². The Morgan fingerprint density at radius 2 is 2.03 bits per heavy atom. The molecule has 0 radical (unpaired) electrons. The van der Waals surface area contributed by atoms with E-state index in [9.17, 15) is 22.8 Å². The average molecular weight is 533 g/mol. The van der Waals surface area contributed by atoms with E-state index in [1.54, 1.807) is 23.7 Å². The molecule has 2 saturated carbocycles. The second-order valence-corrected chi connectivity index (χ2v) is 10.6. The molecule has 1 saturated heterocycles. The predicted molar refractivity (Wildman–Crippen MR) is 125 cm³/mol. The van der Waals surface area contributed by atoms with E-state index in [4.69, 9.17) is 9.61 Å². The van der Waals surface area contributed by atoms with E-state index in [0.717, 1.165) is 17.7 Å². The van der Waals surface area contributed by atoms with Crippen molar-refractivity contribution in [3.63, 3.8) is 0 Å². The first-order valence-electron chi connectivity index (χ1n) is 12.7. The Labute approximate surface area is 215 Å². The zero-order valence-corrected chi connectivity index (χ0v) is 20.6. The van der Waals surface area contributed by atoms with E-state index in [-0.39, 0.29) is 24.2 Å². The first-order chi connectivity index (χ1) is 18.2. The Morgan fingerprint density at radius 1 is 1.26 bits per heavy atom. The van der Waals surface area contributed by atoms with Gasteiger partial charge in [-0.25, -0.2) is 18.9 Å². The van der Waals surface area contributed by atoms with Crippen molar-refractivity contribution in [1.29, 1.82) is 0 Å². The third-order valence-corrected chi connectivity index (χ3v) is 8.12. The van der Waals surface area contributed by atoms with Crippen LogP contribution in [-0.2, 0) is 6.54 Å². The average Bonchev–Trinajstić information content (AvgIpc) is 3.66. The second kappa shape index (κ2) is 9.24. The molecule has 2 N–H and O–H groups in total. The molecule has 3 fully saturated rings. The van der Waals surface area contributed by atoms with Gasteiger partial charge in [-0.3, -0.25) is 4.79 Å². The van der Waals surface area contributed by atoms with Crippen LogP contribution in [0.4, 0.5) is 18.0 Å². The van der Waals surface area contributed by atoms with Crippen LogP contribution >= 0.6 is 0 Å². The van der Waals surface area contributed by atoms with Gasteiger partial charge in [-0.05, 0) is 54.3 Å². The lowest BCUT2D eigenvalue weighted by atomic mass is 9.92. The largest absolute Gasteiger partial charge is 0.410 e. The Bertz CT molecular complexity index is 1360. The van der Waals surface area contributed by atoms with Crippen LogP contribution < -0.4 is 10.6 Å². The summed E-state index contributed by atoms with van der Waals surface area (Å²) >= 11 is 0. The maximum Gasteiger partial charge on any atom is 0.410 e. The number of fused-ring (bicyclic) bond motifs is 2. The van der Waals surface area contributed by atoms with E-state index in [1.165, 1.54) is 25.5 Å². The summed E-state index contributed by atoms with van der Waals surface area (Å²) < 4.78 is 45.4. The van der Waals surface area contributed by atoms with Crippen molar-refractivity contribution >= 4 is 17.6 Å². The third kappa shape index (κ3) is 4.56. The minimum Gasteiger partial charge on any atom is -0.342 e. The lowest BCUT2D eigenvalue weighted by molar-refractivity contribution is -0.149. The van der Waals surface area contributed by atoms with Gasteiger partial charge in [0.1, 0.15) is 11.7 Å². The highest BCUT2D eigenvalue weighted by atomic mass is 19.4. The van der Waals surface area contributed by atoms with Crippen LogP contribution in [0.5, 0.6) is 0 Å². The highest BCUT2D eigenvalue weighted by Gasteiger charge is 2.47. The van der Waals surface area contributed by atoms with Gasteiger partial charge in [0.05, 0.1) is 30.7 Å². The molecule has 3 aromatic rings. The molecule has 5 atom stereocenters. The van der Waals surface area contributed by atoms with Crippen LogP contribution in [0.15, 0.2) is 23.1 Å². The van der Waals surface area contributed by atoms with E-state index in [2.05, 4.69) is 20.7 Å². The Balaban J connectivity index is 1.25. The molecule has 2 aliphatic carbocycles. The zero-order chi connectivity index (χ0) is 26.6. The summed E-state index contributed by atoms with van der Waals surface area (Å²) in [5.74, 6) is 1.08. The van der Waals surface area contributed by atoms with Gasteiger partial charge in [-0.15, -0.1) is 0 Å². The van der Waals surface area contributed by atoms with Gasteiger partial charge in [0, 0.05) is 6.54 Å². The predicted octanol–water partition coefficient (Wildman–Crippen LogP) is 3.17. The smallest absolute Gasteiger partial charge is 0.342 e. The van der Waals surface area contributed by atoms with Crippen molar-refractivity contribution in [2.75, 3.05) is 6.54 Å². The molecule has 1 aliphatic heterocycles. The van der Waals surface area contributed by atoms with Crippen LogP contribution in [0.1, 0.15) is 65.6 Å². The van der Waals surface area contributed by atoms with Crippen LogP contribution in [0.3, 0.4) is 0 Å². The van der Waals surface area contributed by atoms with Crippen molar-refractivity contribution in [1.82, 2.24) is 40.4 Å². The fraction of sp³-hybridized carbons (Fsp3) is 0.583. The number of aromatic nitrogens is 5. The van der Waals surface area contributed by atoms with Gasteiger partial charge in [-0.1, -0.05) is 24.4 Å². The quantitative estimate of drug-likeness (QED) is 0.499. The van der Waals surface area contributed by atoms with Gasteiger partial charge in [0.2, 0.25) is 0 Å². The number of alkyl halides is 3. The minimum absolute atomic E-state index is 0.0330. The van der Waals surface area contributed by atoms with E-state index in [0.29, 0.717) is 34.4 Å². The molecule has 0 aromatic carbocycles. The molecule has 4 heterocycles. The summed E-state index contributed by atoms with van der Waals surface area (Å²) in [4.78, 5) is 31.0. The topological polar surface area (TPSA) is 131 Å². The molecule has 202 valence electrons. The summed E-state index contributed by atoms with van der Waals surface area (Å²) in [6.07, 6.45) is 4.36. The second-order valence-electron chi connectivity index (χ2n) is 10.6. The summed E-state index contributed by atoms with van der Waals surface area (Å²) in [7, 11) is 0. The van der Waals surface area contributed by atoms with Crippen molar-refractivity contribution in [3.8, 4) is 0 Å². The van der Waals surface area contributed by atoms with E-state index in [1.807, 2.05) is 5.32 Å². The molecule has 3 aliphatic rings. The summed E-state index contributed by atoms with van der Waals surface area (Å²) in [5.41, 5.74) is 2.18. The lowest BCUT2D eigenvalue weighted by Gasteiger charge is -2.23. The molecule has 0 bridgehead atoms. The first-order valence-corrected chi connectivity index (χ1v) is 12.7. The summed E-state index contributed by atoms with van der Waals surface area (Å²) in [6, 6.07) is -1.36. The number of rotatable bonds is 6. The number of carbonyl (C=O) groups is 2. The minimum atomic E-state index is -4.51. The highest BCUT2D eigenvalue weighted by molar-refractivity contribution is 5.93. The van der Waals surface area contributed by atoms with Gasteiger partial charge in [0.25, 0.3) is 5.91 Å². The number of halogens is 3. The molecule has 3 aromatic heterocycles. The number of hydrogen-bond donors (Lipinski definition) is 2. The Kier molecular flexibility index (Phi) is 5.99. The number of imidazole rings is 1. The Morgan fingerprint density at radius 3 is 2.68 bits per heavy atom. The Hall–Kier alpha value is -3.71. The van der Waals surface area contributed by atoms with Gasteiger partial charge >= 0.3 is 12.2 Å². The monoisotopic (exact) mass is 532 g/mol. The first kappa shape index (κ1) is 24.6. The molecule has 14 heteroatoms. The molecular formula is C24H27F3N8O3. The van der Waals surface area contributed by atoms with Crippen molar-refractivity contribution in [2.45, 2.75) is 63.8 Å². The number of aryl methyl sites for hydroxylation is 1. The highest BCUT2D eigenvalue weighted by Crippen LogP contribution is 2.50. The standard InChI is InChI=1S/C24H27F3N8O3/c1-12-20(33-38-32-12)22(36)31-21(16-6-14-3-2-4-15(14)7-16)17-10-35-19(29-17)5-13(8-28-35)9-34-11-18(24(25,26)27)30-23(34)37/h5,8,10,14-16,18,21H,2-4,6-7,9,11H2,1H3,(H,30,37)(H,31,36)/t14-,15+,16-,18-,21+/m0/s1. The van der Waals surface area contributed by atoms with Crippen molar-refractivity contribution in [2.24, 2.45) is 17.8 Å². The van der Waals surface area contributed by atoms with Crippen molar-refractivity contribution < 1.29 is 27.4 Å². The van der Waals surface area contributed by atoms with Gasteiger partial charge < -0.3 is 15.5 Å². The molecule has 0 unspecified atom stereocenters. The molecule has 6 rings (SSSR count). The number of hydrogen-bond acceptors (Lipinski definition) is 7. The number of urea groups is 1. The zero-order valence-electron chi connectivity index (χ0n) is 20.6. The normalized spacial score (nSPS) is 26.1. The lowest BCUT2D eigenvalue weighted by Crippen LogP contribution is -2.40. The molecule has 11 nitrogen and oxygen atoms in total. The molecule has 38 heavy (non-hydrogen) atoms. The molecule has 3 amide bonds. The van der Waals surface area contributed by atoms with Crippen LogP contribution in [0, 0.1) is 24.7 Å². The van der Waals surface area contributed by atoms with E-state index >= 15 is 0 Å². The fourth-order valence-electron chi connectivity index (χ4n) is 6.26. The maximum atomic E-state index is 13.1. The van der Waals surface area contributed by atoms with E-state index < -0.39 is 30.7 Å². The number of nitrogens with one attached hydrogen (secondary N) is 2. The molecular weight excluding hydrogens is 505 g/mol. The van der Waals surface area contributed by atoms with Crippen LogP contribution in [-0.4, -0.2) is 60.5 Å².